The summed E-state index contributed by atoms with van der Waals surface area (Å²) < 4.78 is 18.4. The Morgan fingerprint density at radius 2 is 1.68 bits per heavy atom. The zero-order valence-corrected chi connectivity index (χ0v) is 11.0. The van der Waals surface area contributed by atoms with E-state index in [0.717, 1.165) is 25.7 Å². The van der Waals surface area contributed by atoms with Crippen molar-refractivity contribution in [2.24, 2.45) is 0 Å². The van der Waals surface area contributed by atoms with Gasteiger partial charge in [0.15, 0.2) is 0 Å². The first-order valence-electron chi connectivity index (χ1n) is 6.77. The molecule has 2 rings (SSSR count). The summed E-state index contributed by atoms with van der Waals surface area (Å²) in [7, 11) is 0. The lowest BCUT2D eigenvalue weighted by molar-refractivity contribution is 0.304. The normalized spacial score (nSPS) is 10.4. The van der Waals surface area contributed by atoms with Crippen molar-refractivity contribution in [1.29, 1.82) is 0 Å². The number of benzene rings is 2. The molecule has 0 atom stereocenters. The lowest BCUT2D eigenvalue weighted by Gasteiger charge is -2.06. The Kier molecular flexibility index (Phi) is 5.42. The Morgan fingerprint density at radius 1 is 0.842 bits per heavy atom. The van der Waals surface area contributed by atoms with Crippen molar-refractivity contribution < 1.29 is 9.13 Å². The van der Waals surface area contributed by atoms with Crippen molar-refractivity contribution in [3.05, 3.63) is 66.0 Å². The van der Waals surface area contributed by atoms with Gasteiger partial charge in [-0.25, -0.2) is 4.39 Å². The second kappa shape index (κ2) is 7.57. The fourth-order valence-corrected chi connectivity index (χ4v) is 2.00. The number of hydrogen-bond donors (Lipinski definition) is 0. The molecule has 0 radical (unpaired) electrons. The molecule has 1 nitrogen and oxygen atoms in total. The van der Waals surface area contributed by atoms with Crippen LogP contribution in [-0.2, 0) is 6.42 Å². The molecular weight excluding hydrogens is 239 g/mol. The molecule has 0 saturated carbocycles. The van der Waals surface area contributed by atoms with Gasteiger partial charge in [-0.15, -0.1) is 0 Å². The van der Waals surface area contributed by atoms with E-state index >= 15 is 0 Å². The van der Waals surface area contributed by atoms with Gasteiger partial charge in [0.2, 0.25) is 0 Å². The van der Waals surface area contributed by atoms with Crippen LogP contribution in [0.5, 0.6) is 5.75 Å². The molecule has 2 aromatic rings. The van der Waals surface area contributed by atoms with Crippen LogP contribution < -0.4 is 4.74 Å². The van der Waals surface area contributed by atoms with Gasteiger partial charge in [0.05, 0.1) is 6.61 Å². The number of aryl methyl sites for hydroxylation is 1. The van der Waals surface area contributed by atoms with Gasteiger partial charge in [-0.05, 0) is 43.4 Å². The van der Waals surface area contributed by atoms with Gasteiger partial charge in [0, 0.05) is 6.07 Å². The van der Waals surface area contributed by atoms with E-state index in [1.807, 2.05) is 6.07 Å². The second-order valence-electron chi connectivity index (χ2n) is 4.60. The Labute approximate surface area is 114 Å². The minimum Gasteiger partial charge on any atom is -0.493 e. The Morgan fingerprint density at radius 3 is 2.47 bits per heavy atom. The molecule has 0 amide bonds. The number of hydrogen-bond acceptors (Lipinski definition) is 1. The van der Waals surface area contributed by atoms with Crippen LogP contribution in [0.4, 0.5) is 4.39 Å². The summed E-state index contributed by atoms with van der Waals surface area (Å²) in [5.74, 6) is 0.365. The van der Waals surface area contributed by atoms with Gasteiger partial charge >= 0.3 is 0 Å². The maximum atomic E-state index is 12.9. The number of unbranched alkanes of at least 4 members (excludes halogenated alkanes) is 2. The van der Waals surface area contributed by atoms with E-state index in [-0.39, 0.29) is 5.82 Å². The molecule has 0 fully saturated rings. The fourth-order valence-electron chi connectivity index (χ4n) is 2.00. The quantitative estimate of drug-likeness (QED) is 0.658. The van der Waals surface area contributed by atoms with Crippen molar-refractivity contribution in [1.82, 2.24) is 0 Å². The highest BCUT2D eigenvalue weighted by molar-refractivity contribution is 5.22. The van der Waals surface area contributed by atoms with Gasteiger partial charge < -0.3 is 4.74 Å². The second-order valence-corrected chi connectivity index (χ2v) is 4.60. The van der Waals surface area contributed by atoms with E-state index in [1.165, 1.54) is 17.7 Å². The molecule has 100 valence electrons. The highest BCUT2D eigenvalue weighted by atomic mass is 19.1. The van der Waals surface area contributed by atoms with E-state index in [1.54, 1.807) is 12.1 Å². The average Bonchev–Trinajstić information content (AvgIpc) is 2.44. The number of ether oxygens (including phenoxy) is 1. The number of halogens is 1. The molecule has 0 aliphatic rings. The molecule has 0 bridgehead atoms. The highest BCUT2D eigenvalue weighted by Crippen LogP contribution is 2.13. The summed E-state index contributed by atoms with van der Waals surface area (Å²) >= 11 is 0. The van der Waals surface area contributed by atoms with Crippen molar-refractivity contribution in [3.8, 4) is 5.75 Å². The maximum absolute atomic E-state index is 12.9. The fraction of sp³-hybridized carbons (Fsp3) is 0.294. The first-order chi connectivity index (χ1) is 9.34. The Hall–Kier alpha value is -1.83. The monoisotopic (exact) mass is 258 g/mol. The van der Waals surface area contributed by atoms with Crippen LogP contribution in [0.25, 0.3) is 0 Å². The zero-order valence-electron chi connectivity index (χ0n) is 11.0. The van der Waals surface area contributed by atoms with Crippen LogP contribution in [-0.4, -0.2) is 6.61 Å². The van der Waals surface area contributed by atoms with Gasteiger partial charge in [0.25, 0.3) is 0 Å². The van der Waals surface area contributed by atoms with Crippen LogP contribution in [0.15, 0.2) is 54.6 Å². The van der Waals surface area contributed by atoms with E-state index in [4.69, 9.17) is 4.74 Å². The third-order valence-corrected chi connectivity index (χ3v) is 3.02. The van der Waals surface area contributed by atoms with E-state index in [0.29, 0.717) is 12.4 Å². The minimum absolute atomic E-state index is 0.249. The van der Waals surface area contributed by atoms with Crippen molar-refractivity contribution in [2.75, 3.05) is 6.61 Å². The summed E-state index contributed by atoms with van der Waals surface area (Å²) in [5.41, 5.74) is 1.38. The van der Waals surface area contributed by atoms with Crippen molar-refractivity contribution >= 4 is 0 Å². The lowest BCUT2D eigenvalue weighted by Crippen LogP contribution is -1.98. The first kappa shape index (κ1) is 13.6. The summed E-state index contributed by atoms with van der Waals surface area (Å²) in [6.07, 6.45) is 4.41. The van der Waals surface area contributed by atoms with Gasteiger partial charge in [-0.3, -0.25) is 0 Å². The predicted octanol–water partition coefficient (Wildman–Crippen LogP) is 4.62. The molecule has 0 spiro atoms. The SMILES string of the molecule is Fc1cccc(OCCCCCc2ccccc2)c1. The molecule has 0 heterocycles. The molecular formula is C17H19FO. The summed E-state index contributed by atoms with van der Waals surface area (Å²) in [5, 5.41) is 0. The third-order valence-electron chi connectivity index (χ3n) is 3.02. The standard InChI is InChI=1S/C17H19FO/c18-16-11-7-12-17(14-16)19-13-6-2-5-10-15-8-3-1-4-9-15/h1,3-4,7-9,11-12,14H,2,5-6,10,13H2. The van der Waals surface area contributed by atoms with Crippen LogP contribution in [0, 0.1) is 5.82 Å². The van der Waals surface area contributed by atoms with Crippen LogP contribution >= 0.6 is 0 Å². The van der Waals surface area contributed by atoms with E-state index in [9.17, 15) is 4.39 Å². The Balaban J connectivity index is 1.58. The topological polar surface area (TPSA) is 9.23 Å². The minimum atomic E-state index is -0.249. The maximum Gasteiger partial charge on any atom is 0.126 e. The predicted molar refractivity (Wildman–Crippen MR) is 75.9 cm³/mol. The molecule has 0 aliphatic carbocycles. The zero-order chi connectivity index (χ0) is 13.3. The molecule has 0 N–H and O–H groups in total. The number of rotatable bonds is 7. The highest BCUT2D eigenvalue weighted by Gasteiger charge is 1.96. The molecule has 0 saturated heterocycles. The van der Waals surface area contributed by atoms with Gasteiger partial charge in [-0.1, -0.05) is 36.4 Å². The molecule has 2 heteroatoms. The van der Waals surface area contributed by atoms with Crippen molar-refractivity contribution in [3.63, 3.8) is 0 Å². The van der Waals surface area contributed by atoms with Gasteiger partial charge in [0.1, 0.15) is 11.6 Å². The van der Waals surface area contributed by atoms with Crippen LogP contribution in [0.2, 0.25) is 0 Å². The first-order valence-corrected chi connectivity index (χ1v) is 6.77. The Bertz CT molecular complexity index is 482. The summed E-state index contributed by atoms with van der Waals surface area (Å²) in [6.45, 7) is 0.651. The molecule has 0 aliphatic heterocycles. The van der Waals surface area contributed by atoms with Gasteiger partial charge in [-0.2, -0.15) is 0 Å². The molecule has 2 aromatic carbocycles. The molecule has 0 aromatic heterocycles. The van der Waals surface area contributed by atoms with Crippen LogP contribution in [0.1, 0.15) is 24.8 Å². The molecule has 0 unspecified atom stereocenters. The van der Waals surface area contributed by atoms with Crippen LogP contribution in [0.3, 0.4) is 0 Å². The smallest absolute Gasteiger partial charge is 0.126 e. The molecule has 19 heavy (non-hydrogen) atoms. The average molecular weight is 258 g/mol. The van der Waals surface area contributed by atoms with E-state index < -0.39 is 0 Å². The van der Waals surface area contributed by atoms with E-state index in [2.05, 4.69) is 24.3 Å². The third kappa shape index (κ3) is 5.12. The largest absolute Gasteiger partial charge is 0.493 e. The van der Waals surface area contributed by atoms with Crippen molar-refractivity contribution in [2.45, 2.75) is 25.7 Å². The lowest BCUT2D eigenvalue weighted by atomic mass is 10.1. The summed E-state index contributed by atoms with van der Waals surface area (Å²) in [6, 6.07) is 16.8. The summed E-state index contributed by atoms with van der Waals surface area (Å²) in [4.78, 5) is 0.